The van der Waals surface area contributed by atoms with Crippen molar-refractivity contribution < 1.29 is 18.6 Å². The van der Waals surface area contributed by atoms with Crippen LogP contribution in [-0.4, -0.2) is 80.8 Å². The Bertz CT molecular complexity index is 1280. The first-order valence-corrected chi connectivity index (χ1v) is 12.6. The average Bonchev–Trinajstić information content (AvgIpc) is 3.54. The van der Waals surface area contributed by atoms with Crippen LogP contribution in [0.15, 0.2) is 24.5 Å². The molecule has 2 aliphatic heterocycles. The fourth-order valence-corrected chi connectivity index (χ4v) is 5.46. The molecule has 36 heavy (non-hydrogen) atoms. The number of hydrogen-bond donors (Lipinski definition) is 2. The zero-order valence-electron chi connectivity index (χ0n) is 19.9. The summed E-state index contributed by atoms with van der Waals surface area (Å²) in [5, 5.41) is 18.8. The van der Waals surface area contributed by atoms with E-state index in [1.54, 1.807) is 6.20 Å². The number of halogens is 3. The largest absolute Gasteiger partial charge is 0.389 e. The van der Waals surface area contributed by atoms with E-state index in [0.717, 1.165) is 50.1 Å². The highest BCUT2D eigenvalue weighted by Crippen LogP contribution is 2.40. The lowest BCUT2D eigenvalue weighted by Crippen LogP contribution is -2.60. The molecule has 9 nitrogen and oxygen atoms in total. The highest BCUT2D eigenvalue weighted by molar-refractivity contribution is 6.34. The van der Waals surface area contributed by atoms with Crippen LogP contribution in [0.25, 0.3) is 10.9 Å². The molecule has 3 aromatic rings. The second-order valence-electron chi connectivity index (χ2n) is 9.96. The van der Waals surface area contributed by atoms with E-state index < -0.39 is 12.5 Å². The minimum absolute atomic E-state index is 0.0410. The van der Waals surface area contributed by atoms with Crippen molar-refractivity contribution in [1.29, 1.82) is 0 Å². The van der Waals surface area contributed by atoms with Crippen LogP contribution < -0.4 is 10.2 Å². The minimum atomic E-state index is -2.65. The number of alkyl halides is 2. The fraction of sp³-hybridized carbons (Fsp3) is 0.542. The van der Waals surface area contributed by atoms with Crippen molar-refractivity contribution in [1.82, 2.24) is 24.6 Å². The maximum atomic E-state index is 13.8. The van der Waals surface area contributed by atoms with Crippen molar-refractivity contribution in [3.8, 4) is 0 Å². The molecule has 3 fully saturated rings. The van der Waals surface area contributed by atoms with Gasteiger partial charge in [-0.3, -0.25) is 9.58 Å². The van der Waals surface area contributed by atoms with E-state index in [9.17, 15) is 13.9 Å². The minimum Gasteiger partial charge on any atom is -0.389 e. The zero-order chi connectivity index (χ0) is 25.0. The van der Waals surface area contributed by atoms with Crippen LogP contribution in [-0.2, 0) is 4.74 Å². The number of nitrogens with zero attached hydrogens (tertiary/aromatic N) is 6. The number of piperazine rings is 1. The first-order chi connectivity index (χ1) is 17.3. The summed E-state index contributed by atoms with van der Waals surface area (Å²) in [4.78, 5) is 13.4. The van der Waals surface area contributed by atoms with Gasteiger partial charge in [-0.1, -0.05) is 11.6 Å². The molecule has 1 aromatic carbocycles. The lowest BCUT2D eigenvalue weighted by molar-refractivity contribution is 0.00884. The van der Waals surface area contributed by atoms with Crippen molar-refractivity contribution in [3.63, 3.8) is 0 Å². The van der Waals surface area contributed by atoms with Gasteiger partial charge in [-0.2, -0.15) is 5.10 Å². The Morgan fingerprint density at radius 2 is 1.97 bits per heavy atom. The molecule has 2 atom stereocenters. The highest BCUT2D eigenvalue weighted by atomic mass is 35.5. The van der Waals surface area contributed by atoms with Gasteiger partial charge in [0.15, 0.2) is 0 Å². The van der Waals surface area contributed by atoms with E-state index in [4.69, 9.17) is 16.3 Å². The van der Waals surface area contributed by atoms with Crippen LogP contribution in [0.5, 0.6) is 0 Å². The third-order valence-corrected chi connectivity index (χ3v) is 7.86. The third-order valence-electron chi connectivity index (χ3n) is 7.56. The summed E-state index contributed by atoms with van der Waals surface area (Å²) in [6.07, 6.45) is 1.61. The molecule has 0 spiro atoms. The Kier molecular flexibility index (Phi) is 5.98. The molecule has 192 valence electrons. The number of benzene rings is 1. The number of fused-ring (bicyclic) bond motifs is 1. The average molecular weight is 520 g/mol. The summed E-state index contributed by atoms with van der Waals surface area (Å²) in [7, 11) is 0. The number of anilines is 3. The Balaban J connectivity index is 1.22. The highest BCUT2D eigenvalue weighted by Gasteiger charge is 2.44. The van der Waals surface area contributed by atoms with Crippen LogP contribution in [0.3, 0.4) is 0 Å². The van der Waals surface area contributed by atoms with Crippen molar-refractivity contribution in [2.24, 2.45) is 0 Å². The SMILES string of the molecule is C[C@@]1(N2CCN(c3cc4nc(Nc5cnn(C6CC6)c5C(F)F)ncc4cc3Cl)CC2)COC[C@@H]1O. The molecular formula is C24H28ClF2N7O2. The molecule has 0 amide bonds. The Labute approximate surface area is 212 Å². The number of hydrogen-bond acceptors (Lipinski definition) is 8. The van der Waals surface area contributed by atoms with Crippen LogP contribution in [0.2, 0.25) is 5.02 Å². The molecule has 2 saturated heterocycles. The molecule has 0 bridgehead atoms. The molecule has 2 N–H and O–H groups in total. The van der Waals surface area contributed by atoms with Crippen LogP contribution in [0, 0.1) is 0 Å². The fourth-order valence-electron chi connectivity index (χ4n) is 5.17. The van der Waals surface area contributed by atoms with Crippen LogP contribution >= 0.6 is 11.6 Å². The third kappa shape index (κ3) is 4.17. The van der Waals surface area contributed by atoms with Gasteiger partial charge in [0.1, 0.15) is 5.69 Å². The first-order valence-electron chi connectivity index (χ1n) is 12.2. The number of rotatable bonds is 6. The van der Waals surface area contributed by atoms with Crippen molar-refractivity contribution in [3.05, 3.63) is 35.2 Å². The Hall–Kier alpha value is -2.60. The predicted octanol–water partition coefficient (Wildman–Crippen LogP) is 3.77. The standard InChI is InChI=1S/C24H28ClF2N7O2/c1-24(13-36-12-20(24)35)33-6-4-32(5-7-33)19-9-17-14(8-16(19)25)10-28-23(30-17)31-18-11-29-34(15-2-3-15)21(18)22(26)27/h8-11,15,20,22,35H,2-7,12-13H2,1H3,(H,28,30,31)/t20-,24+/m0/s1. The summed E-state index contributed by atoms with van der Waals surface area (Å²) in [5.74, 6) is 0.223. The Morgan fingerprint density at radius 1 is 1.19 bits per heavy atom. The number of aliphatic hydroxyl groups excluding tert-OH is 1. The molecule has 1 saturated carbocycles. The van der Waals surface area contributed by atoms with Crippen LogP contribution in [0.4, 0.5) is 26.1 Å². The van der Waals surface area contributed by atoms with Gasteiger partial charge in [0.2, 0.25) is 5.95 Å². The van der Waals surface area contributed by atoms with Gasteiger partial charge in [0, 0.05) is 37.8 Å². The first kappa shape index (κ1) is 23.8. The van der Waals surface area contributed by atoms with E-state index in [2.05, 4.69) is 30.2 Å². The molecule has 0 unspecified atom stereocenters. The van der Waals surface area contributed by atoms with Crippen LogP contribution in [0.1, 0.15) is 37.9 Å². The molecule has 2 aromatic heterocycles. The maximum absolute atomic E-state index is 13.8. The lowest BCUT2D eigenvalue weighted by atomic mass is 9.95. The van der Waals surface area contributed by atoms with Gasteiger partial charge >= 0.3 is 0 Å². The van der Waals surface area contributed by atoms with E-state index >= 15 is 0 Å². The molecule has 3 aliphatic rings. The van der Waals surface area contributed by atoms with Gasteiger partial charge < -0.3 is 20.1 Å². The molecule has 12 heteroatoms. The summed E-state index contributed by atoms with van der Waals surface area (Å²) >= 11 is 6.63. The molecule has 4 heterocycles. The van der Waals surface area contributed by atoms with Crippen molar-refractivity contribution in [2.45, 2.75) is 43.9 Å². The van der Waals surface area contributed by atoms with Crippen molar-refractivity contribution >= 4 is 39.8 Å². The maximum Gasteiger partial charge on any atom is 0.282 e. The second-order valence-corrected chi connectivity index (χ2v) is 10.4. The monoisotopic (exact) mass is 519 g/mol. The van der Waals surface area contributed by atoms with Gasteiger partial charge in [-0.15, -0.1) is 0 Å². The molecular weight excluding hydrogens is 492 g/mol. The number of ether oxygens (including phenoxy) is 1. The lowest BCUT2D eigenvalue weighted by Gasteiger charge is -2.45. The number of aromatic nitrogens is 4. The quantitative estimate of drug-likeness (QED) is 0.508. The predicted molar refractivity (Wildman–Crippen MR) is 132 cm³/mol. The van der Waals surface area contributed by atoms with E-state index in [-0.39, 0.29) is 28.9 Å². The summed E-state index contributed by atoms with van der Waals surface area (Å²) in [5.41, 5.74) is 1.22. The van der Waals surface area contributed by atoms with Gasteiger partial charge in [0.05, 0.1) is 59.0 Å². The number of aliphatic hydroxyl groups is 1. The van der Waals surface area contributed by atoms with E-state index in [1.807, 2.05) is 19.1 Å². The molecule has 1 aliphatic carbocycles. The zero-order valence-corrected chi connectivity index (χ0v) is 20.6. The molecule has 6 rings (SSSR count). The summed E-state index contributed by atoms with van der Waals surface area (Å²) < 4.78 is 34.4. The van der Waals surface area contributed by atoms with Gasteiger partial charge in [0.25, 0.3) is 6.43 Å². The normalized spacial score (nSPS) is 25.3. The van der Waals surface area contributed by atoms with Gasteiger partial charge in [-0.25, -0.2) is 18.7 Å². The number of nitrogens with one attached hydrogen (secondary N) is 1. The molecule has 0 radical (unpaired) electrons. The smallest absolute Gasteiger partial charge is 0.282 e. The summed E-state index contributed by atoms with van der Waals surface area (Å²) in [6, 6.07) is 3.78. The topological polar surface area (TPSA) is 91.6 Å². The Morgan fingerprint density at radius 3 is 2.64 bits per heavy atom. The van der Waals surface area contributed by atoms with Crippen molar-refractivity contribution in [2.75, 3.05) is 49.6 Å². The second kappa shape index (κ2) is 9.05. The van der Waals surface area contributed by atoms with E-state index in [0.29, 0.717) is 23.8 Å². The van der Waals surface area contributed by atoms with Gasteiger partial charge in [-0.05, 0) is 31.9 Å². The summed E-state index contributed by atoms with van der Waals surface area (Å²) in [6.45, 7) is 5.94. The van der Waals surface area contributed by atoms with E-state index in [1.165, 1.54) is 10.9 Å².